The van der Waals surface area contributed by atoms with Crippen LogP contribution in [0.5, 0.6) is 0 Å². The van der Waals surface area contributed by atoms with Crippen molar-refractivity contribution in [1.29, 1.82) is 0 Å². The third-order valence-electron chi connectivity index (χ3n) is 1.68. The minimum atomic E-state index is -4.52. The van der Waals surface area contributed by atoms with E-state index in [-0.39, 0.29) is 0 Å². The lowest BCUT2D eigenvalue weighted by molar-refractivity contribution is -0.182. The van der Waals surface area contributed by atoms with Gasteiger partial charge in [0.1, 0.15) is 0 Å². The molecule has 0 amide bonds. The molecule has 0 N–H and O–H groups in total. The van der Waals surface area contributed by atoms with Crippen LogP contribution in [-0.2, 0) is 9.53 Å². The number of hydrogen-bond donors (Lipinski definition) is 0. The minimum Gasteiger partial charge on any atom is -0.453 e. The normalized spacial score (nSPS) is 11.8. The minimum absolute atomic E-state index is 0.396. The van der Waals surface area contributed by atoms with Crippen LogP contribution in [0, 0.1) is 0 Å². The second-order valence-electron chi connectivity index (χ2n) is 3.08. The van der Waals surface area contributed by atoms with E-state index in [4.69, 9.17) is 11.6 Å². The van der Waals surface area contributed by atoms with Gasteiger partial charge in [0.25, 0.3) is 0 Å². The molecule has 0 aliphatic carbocycles. The Bertz CT molecular complexity index is 427. The number of benzene rings is 1. The van der Waals surface area contributed by atoms with Gasteiger partial charge in [0.05, 0.1) is 0 Å². The summed E-state index contributed by atoms with van der Waals surface area (Å²) in [6.45, 7) is -1.60. The highest BCUT2D eigenvalue weighted by molar-refractivity contribution is 6.32. The van der Waals surface area contributed by atoms with Gasteiger partial charge in [-0.25, -0.2) is 4.79 Å². The molecular formula is C11H8ClF3O2. The molecule has 0 heterocycles. The van der Waals surface area contributed by atoms with Crippen LogP contribution in [0.15, 0.2) is 30.3 Å². The Hall–Kier alpha value is -1.49. The van der Waals surface area contributed by atoms with Crippen LogP contribution in [0.4, 0.5) is 13.2 Å². The smallest absolute Gasteiger partial charge is 0.422 e. The average molecular weight is 265 g/mol. The van der Waals surface area contributed by atoms with Crippen molar-refractivity contribution in [2.45, 2.75) is 6.18 Å². The number of hydrogen-bond acceptors (Lipinski definition) is 2. The highest BCUT2D eigenvalue weighted by Gasteiger charge is 2.29. The van der Waals surface area contributed by atoms with E-state index >= 15 is 0 Å². The predicted molar refractivity (Wildman–Crippen MR) is 57.5 cm³/mol. The topological polar surface area (TPSA) is 26.3 Å². The molecule has 17 heavy (non-hydrogen) atoms. The first-order valence-electron chi connectivity index (χ1n) is 4.54. The van der Waals surface area contributed by atoms with E-state index < -0.39 is 18.8 Å². The van der Waals surface area contributed by atoms with E-state index in [1.165, 1.54) is 6.08 Å². The van der Waals surface area contributed by atoms with Crippen LogP contribution in [-0.4, -0.2) is 18.8 Å². The molecule has 0 atom stereocenters. The number of halogens is 4. The van der Waals surface area contributed by atoms with Crippen molar-refractivity contribution in [3.8, 4) is 0 Å². The molecule has 0 saturated heterocycles. The Labute approximate surface area is 101 Å². The van der Waals surface area contributed by atoms with Crippen molar-refractivity contribution in [2.75, 3.05) is 6.61 Å². The summed E-state index contributed by atoms with van der Waals surface area (Å²) in [5.74, 6) is -1.07. The Morgan fingerprint density at radius 1 is 1.35 bits per heavy atom. The Kier molecular flexibility index (Phi) is 4.57. The van der Waals surface area contributed by atoms with Crippen molar-refractivity contribution in [3.05, 3.63) is 40.9 Å². The molecular weight excluding hydrogens is 257 g/mol. The van der Waals surface area contributed by atoms with Crippen molar-refractivity contribution in [2.24, 2.45) is 0 Å². The molecule has 0 saturated carbocycles. The number of carbonyl (C=O) groups is 1. The highest BCUT2D eigenvalue weighted by atomic mass is 35.5. The van der Waals surface area contributed by atoms with Gasteiger partial charge in [0, 0.05) is 11.1 Å². The molecule has 0 aliphatic heterocycles. The molecule has 2 nitrogen and oxygen atoms in total. The van der Waals surface area contributed by atoms with E-state index in [1.807, 2.05) is 0 Å². The maximum atomic E-state index is 11.7. The first kappa shape index (κ1) is 13.6. The summed E-state index contributed by atoms with van der Waals surface area (Å²) in [6.07, 6.45) is -2.33. The quantitative estimate of drug-likeness (QED) is 0.617. The van der Waals surface area contributed by atoms with Crippen molar-refractivity contribution < 1.29 is 22.7 Å². The summed E-state index contributed by atoms with van der Waals surface area (Å²) in [6, 6.07) is 6.60. The lowest BCUT2D eigenvalue weighted by Gasteiger charge is -2.05. The standard InChI is InChI=1S/C11H8ClF3O2/c12-9-4-2-1-3-8(9)5-6-10(16)17-7-11(13,14)15/h1-6H,7H2. The third-order valence-corrected chi connectivity index (χ3v) is 2.03. The van der Waals surface area contributed by atoms with E-state index in [1.54, 1.807) is 24.3 Å². The van der Waals surface area contributed by atoms with E-state index in [2.05, 4.69) is 4.74 Å². The Morgan fingerprint density at radius 3 is 2.59 bits per heavy atom. The van der Waals surface area contributed by atoms with Crippen LogP contribution in [0.2, 0.25) is 5.02 Å². The summed E-state index contributed by atoms with van der Waals surface area (Å²) >= 11 is 5.77. The fourth-order valence-electron chi connectivity index (χ4n) is 0.969. The zero-order valence-corrected chi connectivity index (χ0v) is 9.26. The van der Waals surface area contributed by atoms with Crippen LogP contribution in [0.25, 0.3) is 6.08 Å². The van der Waals surface area contributed by atoms with Gasteiger partial charge in [-0.15, -0.1) is 0 Å². The van der Waals surface area contributed by atoms with Gasteiger partial charge in [-0.3, -0.25) is 0 Å². The SMILES string of the molecule is O=C(C=Cc1ccccc1Cl)OCC(F)(F)F. The molecule has 0 aliphatic rings. The van der Waals surface area contributed by atoms with E-state index in [9.17, 15) is 18.0 Å². The van der Waals surface area contributed by atoms with Crippen molar-refractivity contribution >= 4 is 23.6 Å². The molecule has 1 aromatic rings. The zero-order valence-electron chi connectivity index (χ0n) is 8.50. The zero-order chi connectivity index (χ0) is 12.9. The van der Waals surface area contributed by atoms with E-state index in [0.717, 1.165) is 6.08 Å². The van der Waals surface area contributed by atoms with Gasteiger partial charge >= 0.3 is 12.1 Å². The van der Waals surface area contributed by atoms with Gasteiger partial charge < -0.3 is 4.74 Å². The molecule has 0 fully saturated rings. The monoisotopic (exact) mass is 264 g/mol. The average Bonchev–Trinajstić information content (AvgIpc) is 2.24. The fraction of sp³-hybridized carbons (Fsp3) is 0.182. The first-order chi connectivity index (χ1) is 7.88. The molecule has 92 valence electrons. The molecule has 6 heteroatoms. The van der Waals surface area contributed by atoms with Gasteiger partial charge in [-0.2, -0.15) is 13.2 Å². The molecule has 0 radical (unpaired) electrons. The first-order valence-corrected chi connectivity index (χ1v) is 4.92. The Morgan fingerprint density at radius 2 is 2.00 bits per heavy atom. The van der Waals surface area contributed by atoms with Crippen molar-refractivity contribution in [3.63, 3.8) is 0 Å². The second kappa shape index (κ2) is 5.72. The molecule has 0 spiro atoms. The third kappa shape index (κ3) is 5.40. The predicted octanol–water partition coefficient (Wildman–Crippen LogP) is 3.46. The van der Waals surface area contributed by atoms with Crippen LogP contribution < -0.4 is 0 Å². The molecule has 0 aromatic heterocycles. The summed E-state index contributed by atoms with van der Waals surface area (Å²) in [7, 11) is 0. The van der Waals surface area contributed by atoms with Gasteiger partial charge in [-0.05, 0) is 17.7 Å². The summed E-state index contributed by atoms with van der Waals surface area (Å²) in [5.41, 5.74) is 0.526. The van der Waals surface area contributed by atoms with Gasteiger partial charge in [0.15, 0.2) is 6.61 Å². The lowest BCUT2D eigenvalue weighted by Crippen LogP contribution is -2.19. The largest absolute Gasteiger partial charge is 0.453 e. The summed E-state index contributed by atoms with van der Waals surface area (Å²) in [4.78, 5) is 10.9. The molecule has 0 unspecified atom stereocenters. The number of rotatable bonds is 3. The molecule has 1 rings (SSSR count). The maximum Gasteiger partial charge on any atom is 0.422 e. The summed E-state index contributed by atoms with van der Waals surface area (Å²) < 4.78 is 39.1. The number of alkyl halides is 3. The van der Waals surface area contributed by atoms with Gasteiger partial charge in [-0.1, -0.05) is 29.8 Å². The lowest BCUT2D eigenvalue weighted by atomic mass is 10.2. The Balaban J connectivity index is 2.55. The number of carbonyl (C=O) groups excluding carboxylic acids is 1. The van der Waals surface area contributed by atoms with Crippen LogP contribution >= 0.6 is 11.6 Å². The number of ether oxygens (including phenoxy) is 1. The highest BCUT2D eigenvalue weighted by Crippen LogP contribution is 2.17. The fourth-order valence-corrected chi connectivity index (χ4v) is 1.17. The summed E-state index contributed by atoms with van der Waals surface area (Å²) in [5, 5.41) is 0.396. The maximum absolute atomic E-state index is 11.7. The van der Waals surface area contributed by atoms with Crippen LogP contribution in [0.3, 0.4) is 0 Å². The van der Waals surface area contributed by atoms with Crippen molar-refractivity contribution in [1.82, 2.24) is 0 Å². The number of esters is 1. The molecule has 0 bridgehead atoms. The second-order valence-corrected chi connectivity index (χ2v) is 3.48. The molecule has 1 aromatic carbocycles. The van der Waals surface area contributed by atoms with E-state index in [0.29, 0.717) is 10.6 Å². The van der Waals surface area contributed by atoms with Gasteiger partial charge in [0.2, 0.25) is 0 Å². The van der Waals surface area contributed by atoms with Crippen LogP contribution in [0.1, 0.15) is 5.56 Å².